The maximum absolute atomic E-state index is 12.3. The summed E-state index contributed by atoms with van der Waals surface area (Å²) in [6.45, 7) is 2.87. The maximum atomic E-state index is 12.3. The third-order valence-electron chi connectivity index (χ3n) is 4.20. The van der Waals surface area contributed by atoms with Gasteiger partial charge in [0, 0.05) is 32.1 Å². The van der Waals surface area contributed by atoms with Gasteiger partial charge in [-0.05, 0) is 37.1 Å². The summed E-state index contributed by atoms with van der Waals surface area (Å²) in [5.41, 5.74) is 1.70. The monoisotopic (exact) mass is 312 g/mol. The Morgan fingerprint density at radius 2 is 2.00 bits per heavy atom. The highest BCUT2D eigenvalue weighted by atomic mass is 16.2. The van der Waals surface area contributed by atoms with Gasteiger partial charge in [0.1, 0.15) is 5.82 Å². The summed E-state index contributed by atoms with van der Waals surface area (Å²) in [5.74, 6) is 0.702. The number of nitrogens with zero attached hydrogens (tertiary/aromatic N) is 2. The van der Waals surface area contributed by atoms with Gasteiger partial charge in [-0.2, -0.15) is 0 Å². The van der Waals surface area contributed by atoms with Crippen LogP contribution in [0, 0.1) is 5.92 Å². The number of rotatable bonds is 3. The largest absolute Gasteiger partial charge is 0.343 e. The van der Waals surface area contributed by atoms with Crippen molar-refractivity contribution in [3.05, 3.63) is 36.5 Å². The van der Waals surface area contributed by atoms with Crippen LogP contribution in [0.4, 0.5) is 5.82 Å². The lowest BCUT2D eigenvalue weighted by Crippen LogP contribution is -2.40. The number of pyridine rings is 1. The van der Waals surface area contributed by atoms with Gasteiger partial charge in [0.15, 0.2) is 0 Å². The van der Waals surface area contributed by atoms with E-state index in [1.165, 1.54) is 0 Å². The van der Waals surface area contributed by atoms with E-state index >= 15 is 0 Å². The first-order chi connectivity index (χ1) is 11.1. The van der Waals surface area contributed by atoms with Crippen molar-refractivity contribution in [2.75, 3.05) is 18.4 Å². The van der Waals surface area contributed by atoms with E-state index in [4.69, 9.17) is 0 Å². The Balaban J connectivity index is 1.59. The van der Waals surface area contributed by atoms with Crippen molar-refractivity contribution in [3.63, 3.8) is 0 Å². The molecule has 0 unspecified atom stereocenters. The van der Waals surface area contributed by atoms with Gasteiger partial charge >= 0.3 is 0 Å². The Morgan fingerprint density at radius 1 is 1.22 bits per heavy atom. The zero-order valence-electron chi connectivity index (χ0n) is 13.1. The molecule has 2 aromatic rings. The second kappa shape index (κ2) is 6.64. The normalized spacial score (nSPS) is 15.4. The van der Waals surface area contributed by atoms with Crippen LogP contribution < -0.4 is 5.32 Å². The molecule has 0 spiro atoms. The zero-order valence-corrected chi connectivity index (χ0v) is 13.1. The Morgan fingerprint density at radius 3 is 2.65 bits per heavy atom. The average Bonchev–Trinajstić information content (AvgIpc) is 3.04. The number of anilines is 1. The van der Waals surface area contributed by atoms with Gasteiger partial charge in [0.05, 0.1) is 11.4 Å². The lowest BCUT2D eigenvalue weighted by molar-refractivity contribution is -0.132. The number of hydrogen-bond donors (Lipinski definition) is 2. The fraction of sp³-hybridized carbons (Fsp3) is 0.353. The highest BCUT2D eigenvalue weighted by Crippen LogP contribution is 2.21. The summed E-state index contributed by atoms with van der Waals surface area (Å²) in [6, 6.07) is 9.44. The fourth-order valence-corrected chi connectivity index (χ4v) is 2.83. The van der Waals surface area contributed by atoms with Crippen LogP contribution >= 0.6 is 0 Å². The molecule has 0 aliphatic carbocycles. The fourth-order valence-electron chi connectivity index (χ4n) is 2.83. The van der Waals surface area contributed by atoms with Crippen molar-refractivity contribution in [2.24, 2.45) is 5.92 Å². The van der Waals surface area contributed by atoms with Crippen LogP contribution in [-0.2, 0) is 9.59 Å². The maximum Gasteiger partial charge on any atom is 0.228 e. The summed E-state index contributed by atoms with van der Waals surface area (Å²) < 4.78 is 0. The van der Waals surface area contributed by atoms with Crippen LogP contribution in [0.15, 0.2) is 36.5 Å². The average molecular weight is 312 g/mol. The molecule has 1 aliphatic rings. The highest BCUT2D eigenvalue weighted by molar-refractivity contribution is 5.92. The number of amides is 2. The quantitative estimate of drug-likeness (QED) is 0.912. The molecule has 2 amide bonds. The Labute approximate surface area is 134 Å². The number of likely N-dealkylation sites (tertiary alicyclic amines) is 1. The van der Waals surface area contributed by atoms with Crippen LogP contribution in [0.25, 0.3) is 11.4 Å². The zero-order chi connectivity index (χ0) is 16.2. The minimum absolute atomic E-state index is 0.00243. The minimum atomic E-state index is -0.0489. The molecule has 3 rings (SSSR count). The molecule has 0 radical (unpaired) electrons. The summed E-state index contributed by atoms with van der Waals surface area (Å²) in [7, 11) is 0. The van der Waals surface area contributed by atoms with E-state index in [0.717, 1.165) is 11.4 Å². The second-order valence-electron chi connectivity index (χ2n) is 5.77. The van der Waals surface area contributed by atoms with Gasteiger partial charge in [0.25, 0.3) is 0 Å². The van der Waals surface area contributed by atoms with Gasteiger partial charge in [-0.3, -0.25) is 14.6 Å². The molecule has 120 valence electrons. The molecule has 1 saturated heterocycles. The first kappa shape index (κ1) is 15.3. The van der Waals surface area contributed by atoms with Crippen molar-refractivity contribution in [1.29, 1.82) is 0 Å². The number of aromatic nitrogens is 2. The van der Waals surface area contributed by atoms with Crippen molar-refractivity contribution in [3.8, 4) is 11.4 Å². The summed E-state index contributed by atoms with van der Waals surface area (Å²) >= 11 is 0. The predicted molar refractivity (Wildman–Crippen MR) is 87.6 cm³/mol. The van der Waals surface area contributed by atoms with Crippen LogP contribution in [0.2, 0.25) is 0 Å². The molecule has 6 heteroatoms. The van der Waals surface area contributed by atoms with E-state index in [2.05, 4.69) is 15.3 Å². The van der Waals surface area contributed by atoms with Crippen molar-refractivity contribution >= 4 is 17.6 Å². The molecule has 6 nitrogen and oxygen atoms in total. The van der Waals surface area contributed by atoms with E-state index in [1.807, 2.05) is 30.3 Å². The first-order valence-corrected chi connectivity index (χ1v) is 7.80. The standard InChI is InChI=1S/C17H20N4O2/c1-12(22)21-10-7-13(8-11-21)17(23)20-16-6-5-15(19-16)14-4-2-3-9-18-14/h2-6,9,13,19H,7-8,10-11H2,1H3,(H,20,23). The van der Waals surface area contributed by atoms with Crippen molar-refractivity contribution in [1.82, 2.24) is 14.9 Å². The van der Waals surface area contributed by atoms with E-state index in [0.29, 0.717) is 31.7 Å². The first-order valence-electron chi connectivity index (χ1n) is 7.80. The SMILES string of the molecule is CC(=O)N1CCC(C(=O)Nc2ccc(-c3ccccn3)[nH]2)CC1. The molecule has 0 saturated carbocycles. The van der Waals surface area contributed by atoms with Crippen LogP contribution in [0.5, 0.6) is 0 Å². The van der Waals surface area contributed by atoms with Gasteiger partial charge in [-0.15, -0.1) is 0 Å². The van der Waals surface area contributed by atoms with Crippen LogP contribution in [0.3, 0.4) is 0 Å². The van der Waals surface area contributed by atoms with Gasteiger partial charge in [-0.25, -0.2) is 0 Å². The van der Waals surface area contributed by atoms with E-state index in [-0.39, 0.29) is 17.7 Å². The summed E-state index contributed by atoms with van der Waals surface area (Å²) in [5, 5.41) is 2.92. The van der Waals surface area contributed by atoms with E-state index < -0.39 is 0 Å². The number of hydrogen-bond acceptors (Lipinski definition) is 3. The molecule has 23 heavy (non-hydrogen) atoms. The topological polar surface area (TPSA) is 78.1 Å². The van der Waals surface area contributed by atoms with Crippen LogP contribution in [-0.4, -0.2) is 39.8 Å². The summed E-state index contributed by atoms with van der Waals surface area (Å²) in [4.78, 5) is 32.9. The number of carbonyl (C=O) groups is 2. The molecule has 2 aromatic heterocycles. The van der Waals surface area contributed by atoms with Gasteiger partial charge in [-0.1, -0.05) is 6.07 Å². The minimum Gasteiger partial charge on any atom is -0.343 e. The number of aromatic amines is 1. The summed E-state index contributed by atoms with van der Waals surface area (Å²) in [6.07, 6.45) is 3.15. The van der Waals surface area contributed by atoms with Crippen LogP contribution in [0.1, 0.15) is 19.8 Å². The van der Waals surface area contributed by atoms with Crippen molar-refractivity contribution in [2.45, 2.75) is 19.8 Å². The van der Waals surface area contributed by atoms with Gasteiger partial charge in [0.2, 0.25) is 11.8 Å². The number of nitrogens with one attached hydrogen (secondary N) is 2. The Hall–Kier alpha value is -2.63. The Kier molecular flexibility index (Phi) is 4.41. The number of carbonyl (C=O) groups excluding carboxylic acids is 2. The van der Waals surface area contributed by atoms with E-state index in [1.54, 1.807) is 18.0 Å². The molecule has 1 aliphatic heterocycles. The highest BCUT2D eigenvalue weighted by Gasteiger charge is 2.26. The number of H-pyrrole nitrogens is 1. The predicted octanol–water partition coefficient (Wildman–Crippen LogP) is 2.27. The molecule has 0 aromatic carbocycles. The molecular formula is C17H20N4O2. The second-order valence-corrected chi connectivity index (χ2v) is 5.77. The molecule has 2 N–H and O–H groups in total. The number of piperidine rings is 1. The van der Waals surface area contributed by atoms with Gasteiger partial charge < -0.3 is 15.2 Å². The lowest BCUT2D eigenvalue weighted by Gasteiger charge is -2.30. The third kappa shape index (κ3) is 3.59. The molecular weight excluding hydrogens is 292 g/mol. The molecule has 1 fully saturated rings. The third-order valence-corrected chi connectivity index (χ3v) is 4.20. The molecule has 0 atom stereocenters. The lowest BCUT2D eigenvalue weighted by atomic mass is 9.96. The molecule has 3 heterocycles. The smallest absolute Gasteiger partial charge is 0.228 e. The molecule has 0 bridgehead atoms. The Bertz CT molecular complexity index is 688. The van der Waals surface area contributed by atoms with E-state index in [9.17, 15) is 9.59 Å². The van der Waals surface area contributed by atoms with Crippen molar-refractivity contribution < 1.29 is 9.59 Å².